The zero-order valence-electron chi connectivity index (χ0n) is 14.9. The van der Waals surface area contributed by atoms with Crippen LogP contribution in [-0.2, 0) is 4.79 Å². The fourth-order valence-corrected chi connectivity index (χ4v) is 2.78. The molecule has 1 atom stereocenters. The van der Waals surface area contributed by atoms with Crippen molar-refractivity contribution in [1.82, 2.24) is 9.99 Å². The molecule has 1 aliphatic heterocycles. The number of hydrogen-bond acceptors (Lipinski definition) is 5. The van der Waals surface area contributed by atoms with Gasteiger partial charge in [-0.05, 0) is 23.6 Å². The molecule has 1 amide bonds. The van der Waals surface area contributed by atoms with E-state index in [0.29, 0.717) is 24.3 Å². The molecule has 1 aromatic heterocycles. The fourth-order valence-electron chi connectivity index (χ4n) is 2.78. The Kier molecular flexibility index (Phi) is 5.95. The predicted molar refractivity (Wildman–Crippen MR) is 102 cm³/mol. The molecule has 2 heterocycles. The topological polar surface area (TPSA) is 78.6 Å². The molecule has 1 aliphatic rings. The van der Waals surface area contributed by atoms with Gasteiger partial charge < -0.3 is 4.74 Å². The lowest BCUT2D eigenvalue weighted by atomic mass is 10.0. The highest BCUT2D eigenvalue weighted by molar-refractivity contribution is 5.80. The first kappa shape index (κ1) is 18.3. The highest BCUT2D eigenvalue weighted by atomic mass is 16.5. The van der Waals surface area contributed by atoms with Gasteiger partial charge in [-0.2, -0.15) is 10.4 Å². The molecule has 0 fully saturated rings. The molecule has 0 bridgehead atoms. The number of aromatic nitrogens is 1. The van der Waals surface area contributed by atoms with E-state index in [1.807, 2.05) is 36.4 Å². The van der Waals surface area contributed by atoms with Gasteiger partial charge in [0.2, 0.25) is 11.8 Å². The summed E-state index contributed by atoms with van der Waals surface area (Å²) in [5.74, 6) is 0.394. The first-order valence-corrected chi connectivity index (χ1v) is 8.72. The number of hydrogen-bond donors (Lipinski definition) is 0. The van der Waals surface area contributed by atoms with E-state index in [0.717, 1.165) is 17.6 Å². The van der Waals surface area contributed by atoms with E-state index < -0.39 is 0 Å². The van der Waals surface area contributed by atoms with E-state index in [9.17, 15) is 4.79 Å². The number of carbonyl (C=O) groups excluding carboxylic acids is 1. The van der Waals surface area contributed by atoms with Crippen molar-refractivity contribution in [2.24, 2.45) is 5.10 Å². The largest absolute Gasteiger partial charge is 0.473 e. The Hall–Kier alpha value is -3.46. The SMILES string of the molecule is C=C(CCC(=O)N1N=CCC1c1ccccc1)COc1ccc(C#N)cn1. The zero-order valence-corrected chi connectivity index (χ0v) is 14.9. The molecule has 3 rings (SSSR count). The zero-order chi connectivity index (χ0) is 19.1. The molecule has 27 heavy (non-hydrogen) atoms. The standard InChI is InChI=1S/C21H20N4O2/c1-16(15-27-20-9-8-17(13-22)14-23-20)7-10-21(26)25-19(11-12-24-25)18-5-3-2-4-6-18/h2-6,8-9,12,14,19H,1,7,10-11,15H2. The molecule has 1 aromatic carbocycles. The molecule has 6 heteroatoms. The molecular weight excluding hydrogens is 340 g/mol. The molecule has 0 radical (unpaired) electrons. The normalized spacial score (nSPS) is 15.4. The number of amides is 1. The van der Waals surface area contributed by atoms with Crippen LogP contribution in [0.3, 0.4) is 0 Å². The lowest BCUT2D eigenvalue weighted by Gasteiger charge is -2.22. The number of hydrazone groups is 1. The summed E-state index contributed by atoms with van der Waals surface area (Å²) in [6, 6.07) is 15.2. The number of carbonyl (C=O) groups is 1. The molecular formula is C21H20N4O2. The molecule has 0 saturated heterocycles. The number of nitrogens with zero attached hydrogens (tertiary/aromatic N) is 4. The van der Waals surface area contributed by atoms with E-state index in [1.165, 1.54) is 6.20 Å². The van der Waals surface area contributed by atoms with Gasteiger partial charge in [-0.3, -0.25) is 4.79 Å². The third kappa shape index (κ3) is 4.79. The van der Waals surface area contributed by atoms with Gasteiger partial charge in [0.25, 0.3) is 0 Å². The van der Waals surface area contributed by atoms with Crippen molar-refractivity contribution in [1.29, 1.82) is 5.26 Å². The number of rotatable bonds is 7. The van der Waals surface area contributed by atoms with Crippen molar-refractivity contribution < 1.29 is 9.53 Å². The van der Waals surface area contributed by atoms with Gasteiger partial charge in [0.05, 0.1) is 11.6 Å². The van der Waals surface area contributed by atoms with Crippen LogP contribution < -0.4 is 4.74 Å². The van der Waals surface area contributed by atoms with Crippen molar-refractivity contribution in [2.45, 2.75) is 25.3 Å². The maximum Gasteiger partial charge on any atom is 0.243 e. The summed E-state index contributed by atoms with van der Waals surface area (Å²) in [5, 5.41) is 14.6. The lowest BCUT2D eigenvalue weighted by molar-refractivity contribution is -0.133. The van der Waals surface area contributed by atoms with Crippen molar-refractivity contribution in [3.8, 4) is 11.9 Å². The van der Waals surface area contributed by atoms with Gasteiger partial charge in [0.1, 0.15) is 12.7 Å². The van der Waals surface area contributed by atoms with Gasteiger partial charge in [0.15, 0.2) is 0 Å². The molecule has 0 N–H and O–H groups in total. The monoisotopic (exact) mass is 360 g/mol. The van der Waals surface area contributed by atoms with Gasteiger partial charge in [-0.25, -0.2) is 9.99 Å². The first-order chi connectivity index (χ1) is 13.2. The summed E-state index contributed by atoms with van der Waals surface area (Å²) < 4.78 is 5.54. The van der Waals surface area contributed by atoms with Crippen LogP contribution in [-0.4, -0.2) is 28.7 Å². The maximum atomic E-state index is 12.6. The number of pyridine rings is 1. The van der Waals surface area contributed by atoms with Crippen LogP contribution in [0.4, 0.5) is 0 Å². The molecule has 0 saturated carbocycles. The summed E-state index contributed by atoms with van der Waals surface area (Å²) in [6.45, 7) is 4.24. The van der Waals surface area contributed by atoms with Crippen molar-refractivity contribution in [2.75, 3.05) is 6.61 Å². The van der Waals surface area contributed by atoms with Crippen LogP contribution in [0.2, 0.25) is 0 Å². The van der Waals surface area contributed by atoms with Crippen LogP contribution >= 0.6 is 0 Å². The van der Waals surface area contributed by atoms with Crippen molar-refractivity contribution >= 4 is 12.1 Å². The third-order valence-corrected chi connectivity index (χ3v) is 4.25. The third-order valence-electron chi connectivity index (χ3n) is 4.25. The number of benzene rings is 1. The summed E-state index contributed by atoms with van der Waals surface area (Å²) in [5.41, 5.74) is 2.36. The van der Waals surface area contributed by atoms with Gasteiger partial charge in [-0.15, -0.1) is 0 Å². The molecule has 136 valence electrons. The van der Waals surface area contributed by atoms with E-state index in [2.05, 4.69) is 16.7 Å². The Bertz CT molecular complexity index is 869. The van der Waals surface area contributed by atoms with Crippen LogP contribution in [0.5, 0.6) is 5.88 Å². The Labute approximate surface area is 158 Å². The predicted octanol–water partition coefficient (Wildman–Crippen LogP) is 3.63. The van der Waals surface area contributed by atoms with E-state index in [1.54, 1.807) is 23.4 Å². The summed E-state index contributed by atoms with van der Waals surface area (Å²) in [7, 11) is 0. The lowest BCUT2D eigenvalue weighted by Crippen LogP contribution is -2.27. The van der Waals surface area contributed by atoms with Crippen LogP contribution in [0.25, 0.3) is 0 Å². The van der Waals surface area contributed by atoms with Gasteiger partial charge >= 0.3 is 0 Å². The maximum absolute atomic E-state index is 12.6. The second-order valence-electron chi connectivity index (χ2n) is 6.23. The van der Waals surface area contributed by atoms with Crippen LogP contribution in [0, 0.1) is 11.3 Å². The Morgan fingerprint density at radius 1 is 1.26 bits per heavy atom. The van der Waals surface area contributed by atoms with Crippen molar-refractivity contribution in [3.05, 3.63) is 71.9 Å². The smallest absolute Gasteiger partial charge is 0.243 e. The van der Waals surface area contributed by atoms with Gasteiger partial charge in [0, 0.05) is 31.3 Å². The first-order valence-electron chi connectivity index (χ1n) is 8.72. The summed E-state index contributed by atoms with van der Waals surface area (Å²) in [6.07, 6.45) is 4.80. The molecule has 0 spiro atoms. The second-order valence-corrected chi connectivity index (χ2v) is 6.23. The van der Waals surface area contributed by atoms with Gasteiger partial charge in [-0.1, -0.05) is 36.9 Å². The minimum Gasteiger partial charge on any atom is -0.473 e. The average molecular weight is 360 g/mol. The van der Waals surface area contributed by atoms with E-state index in [4.69, 9.17) is 10.00 Å². The molecule has 1 unspecified atom stereocenters. The molecule has 0 aliphatic carbocycles. The fraction of sp³-hybridized carbons (Fsp3) is 0.238. The van der Waals surface area contributed by atoms with Crippen LogP contribution in [0.15, 0.2) is 65.9 Å². The Morgan fingerprint density at radius 2 is 2.07 bits per heavy atom. The minimum absolute atomic E-state index is 0.0322. The highest BCUT2D eigenvalue weighted by Gasteiger charge is 2.27. The highest BCUT2D eigenvalue weighted by Crippen LogP contribution is 2.28. The second kappa shape index (κ2) is 8.77. The van der Waals surface area contributed by atoms with Crippen LogP contribution in [0.1, 0.15) is 36.4 Å². The Balaban J connectivity index is 1.47. The average Bonchev–Trinajstić information content (AvgIpc) is 3.21. The molecule has 2 aromatic rings. The number of ether oxygens (including phenoxy) is 1. The molecule has 6 nitrogen and oxygen atoms in total. The van der Waals surface area contributed by atoms with Crippen molar-refractivity contribution in [3.63, 3.8) is 0 Å². The summed E-state index contributed by atoms with van der Waals surface area (Å²) >= 11 is 0. The Morgan fingerprint density at radius 3 is 2.78 bits per heavy atom. The number of nitriles is 1. The van der Waals surface area contributed by atoms with E-state index >= 15 is 0 Å². The minimum atomic E-state index is -0.0361. The summed E-state index contributed by atoms with van der Waals surface area (Å²) in [4.78, 5) is 16.6. The quantitative estimate of drug-likeness (QED) is 0.706. The van der Waals surface area contributed by atoms with E-state index in [-0.39, 0.29) is 18.6 Å².